The third-order valence-corrected chi connectivity index (χ3v) is 3.90. The topological polar surface area (TPSA) is 23.5 Å². The number of alkyl halides is 3. The van der Waals surface area contributed by atoms with E-state index in [1.165, 1.54) is 6.07 Å². The molecular formula is C15H20F3NO. The van der Waals surface area contributed by atoms with E-state index in [-0.39, 0.29) is 11.6 Å². The Labute approximate surface area is 117 Å². The lowest BCUT2D eigenvalue weighted by atomic mass is 9.84. The second-order valence-electron chi connectivity index (χ2n) is 6.19. The first-order valence-corrected chi connectivity index (χ1v) is 6.72. The molecule has 20 heavy (non-hydrogen) atoms. The van der Waals surface area contributed by atoms with Crippen molar-refractivity contribution in [2.24, 2.45) is 0 Å². The van der Waals surface area contributed by atoms with Crippen molar-refractivity contribution in [3.05, 3.63) is 29.3 Å². The summed E-state index contributed by atoms with van der Waals surface area (Å²) in [6, 6.07) is 4.33. The summed E-state index contributed by atoms with van der Waals surface area (Å²) in [4.78, 5) is 1.92. The monoisotopic (exact) mass is 287 g/mol. The lowest BCUT2D eigenvalue weighted by molar-refractivity contribution is -0.138. The van der Waals surface area contributed by atoms with Gasteiger partial charge in [0.2, 0.25) is 0 Å². The van der Waals surface area contributed by atoms with Crippen LogP contribution < -0.4 is 4.90 Å². The first-order valence-electron chi connectivity index (χ1n) is 6.72. The number of fused-ring (bicyclic) bond motifs is 1. The Hall–Kier alpha value is -1.23. The molecule has 0 saturated carbocycles. The van der Waals surface area contributed by atoms with Crippen LogP contribution in [0.2, 0.25) is 0 Å². The molecule has 1 aromatic carbocycles. The van der Waals surface area contributed by atoms with Crippen molar-refractivity contribution in [3.63, 3.8) is 0 Å². The molecule has 112 valence electrons. The van der Waals surface area contributed by atoms with Gasteiger partial charge in [-0.2, -0.15) is 13.2 Å². The highest BCUT2D eigenvalue weighted by Gasteiger charge is 2.45. The van der Waals surface area contributed by atoms with E-state index >= 15 is 0 Å². The average Bonchev–Trinajstić information content (AvgIpc) is 2.65. The van der Waals surface area contributed by atoms with Crippen molar-refractivity contribution in [1.29, 1.82) is 0 Å². The van der Waals surface area contributed by atoms with Crippen LogP contribution in [0.3, 0.4) is 0 Å². The SMILES string of the molecule is CC(C)N1CC(C(C)(C)O)c2c1cccc2C(F)(F)F. The quantitative estimate of drug-likeness (QED) is 0.894. The molecule has 0 fully saturated rings. The number of halogens is 3. The number of nitrogens with zero attached hydrogens (tertiary/aromatic N) is 1. The average molecular weight is 287 g/mol. The Bertz CT molecular complexity index is 503. The van der Waals surface area contributed by atoms with Gasteiger partial charge in [0.25, 0.3) is 0 Å². The third kappa shape index (κ3) is 2.51. The Kier molecular flexibility index (Phi) is 3.53. The van der Waals surface area contributed by atoms with Crippen LogP contribution >= 0.6 is 0 Å². The van der Waals surface area contributed by atoms with E-state index < -0.39 is 23.3 Å². The molecule has 2 nitrogen and oxygen atoms in total. The molecule has 5 heteroatoms. The van der Waals surface area contributed by atoms with Crippen molar-refractivity contribution in [2.75, 3.05) is 11.4 Å². The fourth-order valence-corrected chi connectivity index (χ4v) is 2.87. The number of hydrogen-bond acceptors (Lipinski definition) is 2. The summed E-state index contributed by atoms with van der Waals surface area (Å²) in [5.41, 5.74) is -1.02. The molecule has 0 aromatic heterocycles. The van der Waals surface area contributed by atoms with Crippen molar-refractivity contribution in [2.45, 2.75) is 51.4 Å². The molecule has 0 saturated heterocycles. The van der Waals surface area contributed by atoms with Crippen molar-refractivity contribution in [3.8, 4) is 0 Å². The maximum absolute atomic E-state index is 13.2. The largest absolute Gasteiger partial charge is 0.416 e. The molecule has 1 aromatic rings. The Balaban J connectivity index is 2.65. The van der Waals surface area contributed by atoms with E-state index in [2.05, 4.69) is 0 Å². The Morgan fingerprint density at radius 2 is 1.85 bits per heavy atom. The minimum Gasteiger partial charge on any atom is -0.390 e. The Morgan fingerprint density at radius 1 is 1.25 bits per heavy atom. The molecule has 1 aliphatic heterocycles. The number of hydrogen-bond donors (Lipinski definition) is 1. The second-order valence-corrected chi connectivity index (χ2v) is 6.19. The highest BCUT2D eigenvalue weighted by Crippen LogP contribution is 2.48. The van der Waals surface area contributed by atoms with Gasteiger partial charge >= 0.3 is 6.18 Å². The molecule has 0 spiro atoms. The van der Waals surface area contributed by atoms with Crippen LogP contribution in [-0.2, 0) is 6.18 Å². The summed E-state index contributed by atoms with van der Waals surface area (Å²) in [5, 5.41) is 10.3. The fourth-order valence-electron chi connectivity index (χ4n) is 2.87. The second kappa shape index (κ2) is 4.65. The zero-order chi connectivity index (χ0) is 15.3. The molecule has 0 aliphatic carbocycles. The molecule has 1 N–H and O–H groups in total. The van der Waals surface area contributed by atoms with E-state index in [1.807, 2.05) is 18.7 Å². The summed E-state index contributed by atoms with van der Waals surface area (Å²) in [6.45, 7) is 7.42. The smallest absolute Gasteiger partial charge is 0.390 e. The minimum atomic E-state index is -4.40. The van der Waals surface area contributed by atoms with Gasteiger partial charge in [-0.3, -0.25) is 0 Å². The third-order valence-electron chi connectivity index (χ3n) is 3.90. The highest BCUT2D eigenvalue weighted by atomic mass is 19.4. The maximum Gasteiger partial charge on any atom is 0.416 e. The summed E-state index contributed by atoms with van der Waals surface area (Å²) >= 11 is 0. The molecule has 1 aliphatic rings. The summed E-state index contributed by atoms with van der Waals surface area (Å²) in [6.07, 6.45) is -4.40. The normalized spacial score (nSPS) is 19.6. The van der Waals surface area contributed by atoms with E-state index in [1.54, 1.807) is 19.9 Å². The molecule has 1 unspecified atom stereocenters. The lowest BCUT2D eigenvalue weighted by Crippen LogP contribution is -2.36. The maximum atomic E-state index is 13.2. The summed E-state index contributed by atoms with van der Waals surface area (Å²) in [5.74, 6) is -0.544. The lowest BCUT2D eigenvalue weighted by Gasteiger charge is -2.29. The molecule has 1 atom stereocenters. The first-order chi connectivity index (χ1) is 9.03. The molecule has 0 bridgehead atoms. The predicted molar refractivity (Wildman–Crippen MR) is 73.0 cm³/mol. The molecule has 0 radical (unpaired) electrons. The van der Waals surface area contributed by atoms with Crippen LogP contribution in [0.5, 0.6) is 0 Å². The first kappa shape index (κ1) is 15.2. The van der Waals surface area contributed by atoms with Gasteiger partial charge in [-0.1, -0.05) is 6.07 Å². The van der Waals surface area contributed by atoms with Crippen molar-refractivity contribution < 1.29 is 18.3 Å². The number of anilines is 1. The predicted octanol–water partition coefficient (Wildman–Crippen LogP) is 3.79. The number of aliphatic hydroxyl groups is 1. The zero-order valence-corrected chi connectivity index (χ0v) is 12.1. The van der Waals surface area contributed by atoms with Gasteiger partial charge in [0.1, 0.15) is 0 Å². The van der Waals surface area contributed by atoms with Crippen LogP contribution in [0.1, 0.15) is 44.7 Å². The van der Waals surface area contributed by atoms with Gasteiger partial charge in [0, 0.05) is 24.2 Å². The van der Waals surface area contributed by atoms with E-state index in [9.17, 15) is 18.3 Å². The standard InChI is InChI=1S/C15H20F3NO/c1-9(2)19-8-11(14(3,4)20)13-10(15(16,17)18)6-5-7-12(13)19/h5-7,9,11,20H,8H2,1-4H3. The van der Waals surface area contributed by atoms with Crippen LogP contribution in [0.15, 0.2) is 18.2 Å². The minimum absolute atomic E-state index is 0.0876. The van der Waals surface area contributed by atoms with Gasteiger partial charge in [-0.15, -0.1) is 0 Å². The summed E-state index contributed by atoms with van der Waals surface area (Å²) in [7, 11) is 0. The molecule has 1 heterocycles. The number of benzene rings is 1. The van der Waals surface area contributed by atoms with Gasteiger partial charge in [-0.25, -0.2) is 0 Å². The van der Waals surface area contributed by atoms with E-state index in [0.29, 0.717) is 12.2 Å². The number of rotatable bonds is 2. The molecule has 2 rings (SSSR count). The Morgan fingerprint density at radius 3 is 2.30 bits per heavy atom. The highest BCUT2D eigenvalue weighted by molar-refractivity contribution is 5.65. The van der Waals surface area contributed by atoms with Gasteiger partial charge < -0.3 is 10.0 Å². The van der Waals surface area contributed by atoms with Crippen molar-refractivity contribution in [1.82, 2.24) is 0 Å². The summed E-state index contributed by atoms with van der Waals surface area (Å²) < 4.78 is 39.7. The molecule has 0 amide bonds. The van der Waals surface area contributed by atoms with E-state index in [4.69, 9.17) is 0 Å². The van der Waals surface area contributed by atoms with Crippen LogP contribution in [-0.4, -0.2) is 23.3 Å². The van der Waals surface area contributed by atoms with Crippen molar-refractivity contribution >= 4 is 5.69 Å². The fraction of sp³-hybridized carbons (Fsp3) is 0.600. The van der Waals surface area contributed by atoms with Gasteiger partial charge in [0.05, 0.1) is 11.2 Å². The van der Waals surface area contributed by atoms with Gasteiger partial charge in [0.15, 0.2) is 0 Å². The molecular weight excluding hydrogens is 267 g/mol. The van der Waals surface area contributed by atoms with Gasteiger partial charge in [-0.05, 0) is 45.4 Å². The van der Waals surface area contributed by atoms with Crippen LogP contribution in [0.25, 0.3) is 0 Å². The van der Waals surface area contributed by atoms with Crippen LogP contribution in [0.4, 0.5) is 18.9 Å². The zero-order valence-electron chi connectivity index (χ0n) is 12.1. The van der Waals surface area contributed by atoms with E-state index in [0.717, 1.165) is 6.07 Å². The van der Waals surface area contributed by atoms with Crippen LogP contribution in [0, 0.1) is 0 Å².